The first kappa shape index (κ1) is 30.7. The van der Waals surface area contributed by atoms with Crippen LogP contribution in [0.25, 0.3) is 11.1 Å². The van der Waals surface area contributed by atoms with Gasteiger partial charge in [-0.15, -0.1) is 0 Å². The molecule has 2 aliphatic rings. The number of fused-ring (bicyclic) bond motifs is 1. The topological polar surface area (TPSA) is 119 Å². The fourth-order valence-corrected chi connectivity index (χ4v) is 7.08. The molecule has 43 heavy (non-hydrogen) atoms. The van der Waals surface area contributed by atoms with Crippen molar-refractivity contribution in [2.24, 2.45) is 0 Å². The largest absolute Gasteiger partial charge is 0.496 e. The van der Waals surface area contributed by atoms with Crippen molar-refractivity contribution < 1.29 is 17.9 Å². The molecule has 1 N–H and O–H groups in total. The second-order valence-corrected chi connectivity index (χ2v) is 13.7. The van der Waals surface area contributed by atoms with E-state index in [9.17, 15) is 18.0 Å². The van der Waals surface area contributed by atoms with Crippen LogP contribution in [0.15, 0.2) is 41.3 Å². The Labute approximate surface area is 253 Å². The highest BCUT2D eigenvalue weighted by molar-refractivity contribution is 7.90. The van der Waals surface area contributed by atoms with Crippen LogP contribution < -0.4 is 19.5 Å². The van der Waals surface area contributed by atoms with E-state index in [0.717, 1.165) is 37.6 Å². The number of carbonyl (C=O) groups is 1. The first-order valence-corrected chi connectivity index (χ1v) is 15.9. The Morgan fingerprint density at radius 3 is 2.47 bits per heavy atom. The summed E-state index contributed by atoms with van der Waals surface area (Å²) in [4.78, 5) is 38.6. The highest BCUT2D eigenvalue weighted by Crippen LogP contribution is 2.43. The van der Waals surface area contributed by atoms with Crippen molar-refractivity contribution in [3.63, 3.8) is 0 Å². The maximum atomic E-state index is 13.9. The summed E-state index contributed by atoms with van der Waals surface area (Å²) in [6.07, 6.45) is 2.03. The number of nitrogens with one attached hydrogen (secondary N) is 1. The van der Waals surface area contributed by atoms with Crippen LogP contribution in [0.2, 0.25) is 0 Å². The zero-order valence-electron chi connectivity index (χ0n) is 25.7. The molecule has 0 amide bonds. The van der Waals surface area contributed by atoms with Gasteiger partial charge in [0.05, 0.1) is 18.4 Å². The predicted molar refractivity (Wildman–Crippen MR) is 169 cm³/mol. The Hall–Kier alpha value is -3.74. The Morgan fingerprint density at radius 2 is 1.84 bits per heavy atom. The maximum Gasteiger partial charge on any atom is 0.303 e. The molecular formula is C31H40N6O5S. The van der Waals surface area contributed by atoms with E-state index in [2.05, 4.69) is 21.8 Å². The number of Topliss-reactive ketones (excluding diaryl/α,β-unsaturated/α-hetero) is 1. The number of H-pyrrole nitrogens is 1. The quantitative estimate of drug-likeness (QED) is 0.369. The van der Waals surface area contributed by atoms with Crippen LogP contribution in [0.3, 0.4) is 0 Å². The molecule has 0 radical (unpaired) electrons. The molecule has 1 unspecified atom stereocenters. The van der Waals surface area contributed by atoms with E-state index in [1.54, 1.807) is 19.2 Å². The molecule has 2 aliphatic heterocycles. The van der Waals surface area contributed by atoms with Gasteiger partial charge < -0.3 is 19.5 Å². The smallest absolute Gasteiger partial charge is 0.303 e. The lowest BCUT2D eigenvalue weighted by atomic mass is 9.89. The van der Waals surface area contributed by atoms with Crippen molar-refractivity contribution in [3.05, 3.63) is 69.3 Å². The van der Waals surface area contributed by atoms with E-state index in [0.29, 0.717) is 39.4 Å². The third-order valence-corrected chi connectivity index (χ3v) is 10.2. The third-order valence-electron chi connectivity index (χ3n) is 8.36. The number of ketones is 1. The summed E-state index contributed by atoms with van der Waals surface area (Å²) in [5.41, 5.74) is 3.94. The summed E-state index contributed by atoms with van der Waals surface area (Å²) in [6, 6.07) is 9.37. The lowest BCUT2D eigenvalue weighted by Crippen LogP contribution is -2.44. The zero-order chi connectivity index (χ0) is 31.1. The van der Waals surface area contributed by atoms with E-state index in [1.165, 1.54) is 29.8 Å². The van der Waals surface area contributed by atoms with Gasteiger partial charge in [0, 0.05) is 82.2 Å². The lowest BCUT2D eigenvalue weighted by Gasteiger charge is -2.33. The molecule has 5 rings (SSSR count). The molecule has 2 aromatic heterocycles. The van der Waals surface area contributed by atoms with Crippen LogP contribution in [-0.2, 0) is 16.6 Å². The first-order chi connectivity index (χ1) is 20.4. The standard InChI is InChI=1S/C31H40N6O5S/c1-20-19-37(43(40,41)34(3)4)26-17-23(22-7-10-29(32-18-22)36-13-11-35(5)12-14-36)16-25(30(20)26)27(38)9-8-24-28(42-6)15-21(2)33-31(24)39/h7,10,15-18,20H,8-9,11-14,19H2,1-6H3,(H,33,39). The molecule has 0 saturated carbocycles. The van der Waals surface area contributed by atoms with Gasteiger partial charge in [-0.3, -0.25) is 13.9 Å². The fraction of sp³-hybridized carbons (Fsp3) is 0.452. The van der Waals surface area contributed by atoms with Crippen LogP contribution in [-0.4, -0.2) is 94.4 Å². The number of aromatic amines is 1. The summed E-state index contributed by atoms with van der Waals surface area (Å²) in [5, 5.41) is 0. The maximum absolute atomic E-state index is 13.9. The molecule has 11 nitrogen and oxygen atoms in total. The molecule has 3 aromatic rings. The monoisotopic (exact) mass is 608 g/mol. The molecule has 1 saturated heterocycles. The van der Waals surface area contributed by atoms with Gasteiger partial charge in [0.2, 0.25) is 0 Å². The average molecular weight is 609 g/mol. The number of methoxy groups -OCH3 is 1. The van der Waals surface area contributed by atoms with Crippen LogP contribution >= 0.6 is 0 Å². The zero-order valence-corrected chi connectivity index (χ0v) is 26.5. The predicted octanol–water partition coefficient (Wildman–Crippen LogP) is 3.05. The minimum absolute atomic E-state index is 0.0616. The number of carbonyl (C=O) groups excluding carboxylic acids is 1. The van der Waals surface area contributed by atoms with Crippen molar-refractivity contribution in [1.29, 1.82) is 0 Å². The number of benzene rings is 1. The number of aryl methyl sites for hydroxylation is 1. The third kappa shape index (κ3) is 6.04. The first-order valence-electron chi connectivity index (χ1n) is 14.5. The SMILES string of the molecule is COc1cc(C)[nH]c(=O)c1CCC(=O)c1cc(-c2ccc(N3CCN(C)CC3)nc2)cc2c1C(C)CN2S(=O)(=O)N(C)C. The number of hydrogen-bond acceptors (Lipinski definition) is 8. The minimum atomic E-state index is -3.80. The highest BCUT2D eigenvalue weighted by atomic mass is 32.2. The Kier molecular flexibility index (Phi) is 8.64. The van der Waals surface area contributed by atoms with E-state index < -0.39 is 10.2 Å². The second-order valence-electron chi connectivity index (χ2n) is 11.6. The lowest BCUT2D eigenvalue weighted by molar-refractivity contribution is 0.0981. The molecule has 0 bridgehead atoms. The molecule has 1 aromatic carbocycles. The van der Waals surface area contributed by atoms with Gasteiger partial charge in [0.15, 0.2) is 5.78 Å². The molecule has 12 heteroatoms. The number of hydrogen-bond donors (Lipinski definition) is 1. The number of ether oxygens (including phenoxy) is 1. The molecule has 1 fully saturated rings. The molecule has 4 heterocycles. The van der Waals surface area contributed by atoms with Gasteiger partial charge in [0.25, 0.3) is 5.56 Å². The van der Waals surface area contributed by atoms with Gasteiger partial charge in [-0.2, -0.15) is 12.7 Å². The Balaban J connectivity index is 1.54. The van der Waals surface area contributed by atoms with Gasteiger partial charge in [-0.05, 0) is 61.9 Å². The summed E-state index contributed by atoms with van der Waals surface area (Å²) in [6.45, 7) is 7.65. The van der Waals surface area contributed by atoms with Crippen molar-refractivity contribution in [3.8, 4) is 16.9 Å². The van der Waals surface area contributed by atoms with Gasteiger partial charge in [0.1, 0.15) is 11.6 Å². The molecule has 0 spiro atoms. The summed E-state index contributed by atoms with van der Waals surface area (Å²) >= 11 is 0. The number of pyridine rings is 2. The number of rotatable bonds is 9. The van der Waals surface area contributed by atoms with Gasteiger partial charge in [-0.25, -0.2) is 4.98 Å². The average Bonchev–Trinajstić information content (AvgIpc) is 3.33. The number of likely N-dealkylation sites (N-methyl/N-ethyl adjacent to an activating group) is 1. The van der Waals surface area contributed by atoms with E-state index >= 15 is 0 Å². The second kappa shape index (κ2) is 12.1. The van der Waals surface area contributed by atoms with E-state index in [-0.39, 0.29) is 36.6 Å². The van der Waals surface area contributed by atoms with Crippen molar-refractivity contribution in [1.82, 2.24) is 19.2 Å². The van der Waals surface area contributed by atoms with Crippen molar-refractivity contribution in [2.45, 2.75) is 32.6 Å². The molecule has 0 aliphatic carbocycles. The molecule has 1 atom stereocenters. The number of aromatic nitrogens is 2. The normalized spacial score (nSPS) is 17.4. The van der Waals surface area contributed by atoms with Crippen LogP contribution in [0.1, 0.15) is 46.4 Å². The van der Waals surface area contributed by atoms with Gasteiger partial charge in [-0.1, -0.05) is 6.92 Å². The number of nitrogens with zero attached hydrogens (tertiary/aromatic N) is 5. The minimum Gasteiger partial charge on any atom is -0.496 e. The number of piperazine rings is 1. The highest BCUT2D eigenvalue weighted by Gasteiger charge is 2.38. The van der Waals surface area contributed by atoms with E-state index in [4.69, 9.17) is 9.72 Å². The summed E-state index contributed by atoms with van der Waals surface area (Å²) in [7, 11) is 2.81. The van der Waals surface area contributed by atoms with Crippen LogP contribution in [0, 0.1) is 6.92 Å². The summed E-state index contributed by atoms with van der Waals surface area (Å²) in [5.74, 6) is 0.957. The Morgan fingerprint density at radius 1 is 1.12 bits per heavy atom. The van der Waals surface area contributed by atoms with Gasteiger partial charge >= 0.3 is 10.2 Å². The molecular weight excluding hydrogens is 568 g/mol. The van der Waals surface area contributed by atoms with Crippen LogP contribution in [0.4, 0.5) is 11.5 Å². The molecule has 230 valence electrons. The van der Waals surface area contributed by atoms with E-state index in [1.807, 2.05) is 31.2 Å². The van der Waals surface area contributed by atoms with Crippen LogP contribution in [0.5, 0.6) is 5.75 Å². The Bertz CT molecular complexity index is 1680. The van der Waals surface area contributed by atoms with Crippen molar-refractivity contribution >= 4 is 27.5 Å². The van der Waals surface area contributed by atoms with Crippen molar-refractivity contribution in [2.75, 3.05) is 70.2 Å². The number of anilines is 2. The summed E-state index contributed by atoms with van der Waals surface area (Å²) < 4.78 is 34.7. The fourth-order valence-electron chi connectivity index (χ4n) is 5.87.